The molecule has 0 spiro atoms. The lowest BCUT2D eigenvalue weighted by molar-refractivity contribution is -0.132. The Hall–Kier alpha value is -1.32. The molecule has 1 atom stereocenters. The summed E-state index contributed by atoms with van der Waals surface area (Å²) in [5.41, 5.74) is 0.274. The van der Waals surface area contributed by atoms with E-state index in [1.165, 1.54) is 0 Å². The number of carboxylic acids is 1. The first-order valence-corrected chi connectivity index (χ1v) is 6.50. The number of amides is 1. The smallest absolute Gasteiger partial charge is 0.328 e. The van der Waals surface area contributed by atoms with Gasteiger partial charge in [0.2, 0.25) is 5.91 Å². The number of hydrogen-bond donors (Lipinski definition) is 1. The molecule has 4 nitrogen and oxygen atoms in total. The van der Waals surface area contributed by atoms with Gasteiger partial charge in [0.05, 0.1) is 0 Å². The highest BCUT2D eigenvalue weighted by Gasteiger charge is 2.27. The van der Waals surface area contributed by atoms with E-state index in [1.807, 2.05) is 0 Å². The molecule has 0 bridgehead atoms. The first-order chi connectivity index (χ1) is 8.30. The Morgan fingerprint density at radius 3 is 2.39 bits per heavy atom. The molecule has 1 heterocycles. The third-order valence-corrected chi connectivity index (χ3v) is 3.63. The van der Waals surface area contributed by atoms with E-state index in [4.69, 9.17) is 5.11 Å². The van der Waals surface area contributed by atoms with E-state index in [1.54, 1.807) is 4.90 Å². The van der Waals surface area contributed by atoms with Crippen LogP contribution in [0.4, 0.5) is 0 Å². The van der Waals surface area contributed by atoms with E-state index in [-0.39, 0.29) is 11.3 Å². The maximum Gasteiger partial charge on any atom is 0.328 e. The van der Waals surface area contributed by atoms with Crippen molar-refractivity contribution in [3.63, 3.8) is 0 Å². The molecule has 102 valence electrons. The molecule has 18 heavy (non-hydrogen) atoms. The summed E-state index contributed by atoms with van der Waals surface area (Å²) in [6, 6.07) is 0. The van der Waals surface area contributed by atoms with E-state index < -0.39 is 5.97 Å². The summed E-state index contributed by atoms with van der Waals surface area (Å²) < 4.78 is 0. The van der Waals surface area contributed by atoms with E-state index >= 15 is 0 Å². The Kier molecular flexibility index (Phi) is 4.93. The van der Waals surface area contributed by atoms with Crippen molar-refractivity contribution in [2.24, 2.45) is 11.3 Å². The third kappa shape index (κ3) is 4.51. The van der Waals surface area contributed by atoms with Crippen LogP contribution in [0.2, 0.25) is 0 Å². The highest BCUT2D eigenvalue weighted by molar-refractivity contribution is 5.93. The first-order valence-electron chi connectivity index (χ1n) is 6.50. The van der Waals surface area contributed by atoms with Crippen LogP contribution in [0.5, 0.6) is 0 Å². The van der Waals surface area contributed by atoms with Crippen molar-refractivity contribution in [2.45, 2.75) is 40.0 Å². The van der Waals surface area contributed by atoms with Gasteiger partial charge in [0.25, 0.3) is 0 Å². The summed E-state index contributed by atoms with van der Waals surface area (Å²) in [6.07, 6.45) is 5.19. The van der Waals surface area contributed by atoms with E-state index in [9.17, 15) is 9.59 Å². The van der Waals surface area contributed by atoms with Crippen molar-refractivity contribution in [3.05, 3.63) is 12.2 Å². The molecule has 0 aromatic heterocycles. The largest absolute Gasteiger partial charge is 0.478 e. The predicted molar refractivity (Wildman–Crippen MR) is 70.2 cm³/mol. The summed E-state index contributed by atoms with van der Waals surface area (Å²) in [6.45, 7) is 8.17. The molecule has 4 heteroatoms. The number of carbonyl (C=O) groups excluding carboxylic acids is 1. The molecule has 1 saturated heterocycles. The highest BCUT2D eigenvalue weighted by atomic mass is 16.4. The Bertz CT molecular complexity index is 341. The van der Waals surface area contributed by atoms with Gasteiger partial charge in [-0.2, -0.15) is 0 Å². The lowest BCUT2D eigenvalue weighted by Crippen LogP contribution is -2.31. The molecule has 0 radical (unpaired) electrons. The second-order valence-electron chi connectivity index (χ2n) is 5.99. The van der Waals surface area contributed by atoms with Gasteiger partial charge in [-0.1, -0.05) is 20.8 Å². The summed E-state index contributed by atoms with van der Waals surface area (Å²) in [4.78, 5) is 23.9. The minimum absolute atomic E-state index is 0.188. The molecule has 0 saturated carbocycles. The number of aliphatic carboxylic acids is 1. The SMILES string of the molecule is CC(C)(C)C1CCCN(C(=O)C=CC(=O)O)CC1. The molecule has 0 aliphatic carbocycles. The lowest BCUT2D eigenvalue weighted by Gasteiger charge is -2.29. The maximum atomic E-state index is 11.8. The fraction of sp³-hybridized carbons (Fsp3) is 0.714. The summed E-state index contributed by atoms with van der Waals surface area (Å²) >= 11 is 0. The van der Waals surface area contributed by atoms with Crippen molar-refractivity contribution in [1.82, 2.24) is 4.90 Å². The average molecular weight is 253 g/mol. The number of carbonyl (C=O) groups is 2. The first kappa shape index (κ1) is 14.7. The number of rotatable bonds is 2. The van der Waals surface area contributed by atoms with Gasteiger partial charge in [-0.05, 0) is 30.6 Å². The second-order valence-corrected chi connectivity index (χ2v) is 5.99. The Balaban J connectivity index is 2.57. The minimum atomic E-state index is -1.08. The number of carboxylic acid groups (broad SMARTS) is 1. The van der Waals surface area contributed by atoms with Gasteiger partial charge < -0.3 is 10.0 Å². The topological polar surface area (TPSA) is 57.6 Å². The van der Waals surface area contributed by atoms with Crippen LogP contribution in [0, 0.1) is 11.3 Å². The van der Waals surface area contributed by atoms with Crippen molar-refractivity contribution >= 4 is 11.9 Å². The van der Waals surface area contributed by atoms with Gasteiger partial charge >= 0.3 is 5.97 Å². The van der Waals surface area contributed by atoms with Gasteiger partial charge in [0, 0.05) is 25.2 Å². The Labute approximate surface area is 109 Å². The van der Waals surface area contributed by atoms with Gasteiger partial charge in [0.1, 0.15) is 0 Å². The summed E-state index contributed by atoms with van der Waals surface area (Å²) in [5.74, 6) is -0.642. The van der Waals surface area contributed by atoms with Crippen LogP contribution in [0.25, 0.3) is 0 Å². The van der Waals surface area contributed by atoms with Crippen LogP contribution in [-0.2, 0) is 9.59 Å². The van der Waals surface area contributed by atoms with Crippen LogP contribution in [0.15, 0.2) is 12.2 Å². The van der Waals surface area contributed by atoms with Crippen LogP contribution in [0.1, 0.15) is 40.0 Å². The van der Waals surface area contributed by atoms with E-state index in [0.717, 1.165) is 44.5 Å². The van der Waals surface area contributed by atoms with Crippen LogP contribution >= 0.6 is 0 Å². The Morgan fingerprint density at radius 2 is 1.83 bits per heavy atom. The molecular formula is C14H23NO3. The molecule has 1 amide bonds. The molecule has 1 fully saturated rings. The van der Waals surface area contributed by atoms with Crippen molar-refractivity contribution in [3.8, 4) is 0 Å². The summed E-state index contributed by atoms with van der Waals surface area (Å²) in [7, 11) is 0. The molecular weight excluding hydrogens is 230 g/mol. The fourth-order valence-corrected chi connectivity index (χ4v) is 2.43. The number of nitrogens with zero attached hydrogens (tertiary/aromatic N) is 1. The maximum absolute atomic E-state index is 11.8. The molecule has 1 aliphatic rings. The summed E-state index contributed by atoms with van der Waals surface area (Å²) in [5, 5.41) is 8.51. The molecule has 1 aliphatic heterocycles. The van der Waals surface area contributed by atoms with Gasteiger partial charge in [-0.3, -0.25) is 4.79 Å². The zero-order valence-electron chi connectivity index (χ0n) is 11.5. The molecule has 0 aromatic rings. The monoisotopic (exact) mass is 253 g/mol. The zero-order valence-corrected chi connectivity index (χ0v) is 11.5. The number of likely N-dealkylation sites (tertiary alicyclic amines) is 1. The highest BCUT2D eigenvalue weighted by Crippen LogP contribution is 2.34. The predicted octanol–water partition coefficient (Wildman–Crippen LogP) is 2.30. The molecule has 0 aromatic carbocycles. The van der Waals surface area contributed by atoms with E-state index in [0.29, 0.717) is 5.92 Å². The van der Waals surface area contributed by atoms with Crippen molar-refractivity contribution < 1.29 is 14.7 Å². The van der Waals surface area contributed by atoms with E-state index in [2.05, 4.69) is 20.8 Å². The average Bonchev–Trinajstić information content (AvgIpc) is 2.50. The van der Waals surface area contributed by atoms with Crippen molar-refractivity contribution in [1.29, 1.82) is 0 Å². The lowest BCUT2D eigenvalue weighted by atomic mass is 9.77. The standard InChI is InChI=1S/C14H23NO3/c1-14(2,3)11-5-4-9-15(10-8-11)12(16)6-7-13(17)18/h6-7,11H,4-5,8-10H2,1-3H3,(H,17,18). The Morgan fingerprint density at radius 1 is 1.17 bits per heavy atom. The quantitative estimate of drug-likeness (QED) is 0.768. The third-order valence-electron chi connectivity index (χ3n) is 3.63. The minimum Gasteiger partial charge on any atom is -0.478 e. The van der Waals surface area contributed by atoms with Gasteiger partial charge in [-0.15, -0.1) is 0 Å². The fourth-order valence-electron chi connectivity index (χ4n) is 2.43. The van der Waals surface area contributed by atoms with Crippen molar-refractivity contribution in [2.75, 3.05) is 13.1 Å². The second kappa shape index (κ2) is 6.03. The molecule has 1 N–H and O–H groups in total. The van der Waals surface area contributed by atoms with Crippen LogP contribution < -0.4 is 0 Å². The zero-order chi connectivity index (χ0) is 13.8. The van der Waals surface area contributed by atoms with Gasteiger partial charge in [0.15, 0.2) is 0 Å². The molecule has 1 unspecified atom stereocenters. The van der Waals surface area contributed by atoms with Crippen LogP contribution in [-0.4, -0.2) is 35.0 Å². The molecule has 1 rings (SSSR count). The normalized spacial score (nSPS) is 21.9. The number of hydrogen-bond acceptors (Lipinski definition) is 2. The van der Waals surface area contributed by atoms with Gasteiger partial charge in [-0.25, -0.2) is 4.79 Å². The van der Waals surface area contributed by atoms with Crippen LogP contribution in [0.3, 0.4) is 0 Å².